The van der Waals surface area contributed by atoms with Gasteiger partial charge in [-0.15, -0.1) is 0 Å². The third-order valence-electron chi connectivity index (χ3n) is 3.12. The Morgan fingerprint density at radius 3 is 2.57 bits per heavy atom. The Balaban J connectivity index is 2.19. The summed E-state index contributed by atoms with van der Waals surface area (Å²) in [6.07, 6.45) is 1.68. The van der Waals surface area contributed by atoms with Crippen LogP contribution < -0.4 is 5.32 Å². The van der Waals surface area contributed by atoms with Crippen molar-refractivity contribution < 1.29 is 9.90 Å². The van der Waals surface area contributed by atoms with E-state index >= 15 is 0 Å². The van der Waals surface area contributed by atoms with Crippen molar-refractivity contribution in [3.63, 3.8) is 0 Å². The molecule has 21 heavy (non-hydrogen) atoms. The summed E-state index contributed by atoms with van der Waals surface area (Å²) in [5.74, 6) is -0.0656. The number of anilines is 1. The van der Waals surface area contributed by atoms with Gasteiger partial charge in [-0.05, 0) is 52.3 Å². The molecule has 2 N–H and O–H groups in total. The van der Waals surface area contributed by atoms with Gasteiger partial charge >= 0.3 is 0 Å². The van der Waals surface area contributed by atoms with Crippen molar-refractivity contribution in [3.05, 3.63) is 54.9 Å². The molecule has 0 fully saturated rings. The smallest absolute Gasteiger partial charge is 0.256 e. The quantitative estimate of drug-likeness (QED) is 0.561. The van der Waals surface area contributed by atoms with Crippen LogP contribution in [0.1, 0.15) is 11.1 Å². The number of halogens is 3. The van der Waals surface area contributed by atoms with Crippen LogP contribution in [0.15, 0.2) is 43.7 Å². The maximum atomic E-state index is 12.2. The van der Waals surface area contributed by atoms with Crippen LogP contribution in [0.3, 0.4) is 0 Å². The summed E-state index contributed by atoms with van der Waals surface area (Å²) in [5, 5.41) is 12.8. The van der Waals surface area contributed by atoms with Gasteiger partial charge in [-0.3, -0.25) is 4.79 Å². The lowest BCUT2D eigenvalue weighted by molar-refractivity contribution is -0.110. The van der Waals surface area contributed by atoms with E-state index in [2.05, 4.69) is 53.1 Å². The van der Waals surface area contributed by atoms with Crippen molar-refractivity contribution in [2.24, 2.45) is 0 Å². The normalized spacial score (nSPS) is 15.2. The van der Waals surface area contributed by atoms with Gasteiger partial charge in [0.15, 0.2) is 0 Å². The highest BCUT2D eigenvalue weighted by atomic mass is 79.9. The summed E-state index contributed by atoms with van der Waals surface area (Å²) in [7, 11) is 0. The van der Waals surface area contributed by atoms with E-state index < -0.39 is 0 Å². The van der Waals surface area contributed by atoms with Crippen LogP contribution in [0, 0.1) is 0 Å². The van der Waals surface area contributed by atoms with Crippen molar-refractivity contribution in [2.75, 3.05) is 5.32 Å². The second-order valence-electron chi connectivity index (χ2n) is 4.53. The van der Waals surface area contributed by atoms with Crippen LogP contribution in [-0.4, -0.2) is 11.0 Å². The number of hydrogen-bond donors (Lipinski definition) is 2. The zero-order chi connectivity index (χ0) is 15.1. The fourth-order valence-electron chi connectivity index (χ4n) is 2.16. The molecule has 0 saturated carbocycles. The Bertz CT molecular complexity index is 800. The molecule has 3 nitrogen and oxygen atoms in total. The molecule has 1 heterocycles. The molecule has 1 aliphatic rings. The summed E-state index contributed by atoms with van der Waals surface area (Å²) < 4.78 is 2.51. The summed E-state index contributed by atoms with van der Waals surface area (Å²) in [6.45, 7) is 0. The fraction of sp³-hybridized carbons (Fsp3) is 0. The number of hydrogen-bond acceptors (Lipinski definition) is 2. The topological polar surface area (TPSA) is 49.3 Å². The Morgan fingerprint density at radius 1 is 1.05 bits per heavy atom. The number of phenolic OH excluding ortho intramolecular Hbond substituents is 1. The van der Waals surface area contributed by atoms with Crippen LogP contribution in [-0.2, 0) is 4.79 Å². The van der Waals surface area contributed by atoms with Crippen LogP contribution in [0.5, 0.6) is 5.75 Å². The second kappa shape index (κ2) is 5.59. The first-order chi connectivity index (χ1) is 9.95. The van der Waals surface area contributed by atoms with Gasteiger partial charge < -0.3 is 10.4 Å². The largest absolute Gasteiger partial charge is 0.507 e. The van der Waals surface area contributed by atoms with Gasteiger partial charge in [0, 0.05) is 30.1 Å². The molecule has 0 radical (unpaired) electrons. The maximum Gasteiger partial charge on any atom is 0.256 e. The van der Waals surface area contributed by atoms with Crippen molar-refractivity contribution in [2.45, 2.75) is 0 Å². The Morgan fingerprint density at radius 2 is 1.81 bits per heavy atom. The molecular weight excluding hydrogens is 466 g/mol. The molecule has 0 aliphatic carbocycles. The lowest BCUT2D eigenvalue weighted by atomic mass is 10.0. The van der Waals surface area contributed by atoms with Crippen molar-refractivity contribution in [1.29, 1.82) is 0 Å². The molecule has 0 unspecified atom stereocenters. The predicted octanol–water partition coefficient (Wildman–Crippen LogP) is 5.17. The number of aromatic hydroxyl groups is 1. The van der Waals surface area contributed by atoms with Crippen LogP contribution in [0.25, 0.3) is 11.6 Å². The maximum absolute atomic E-state index is 12.2. The number of benzene rings is 2. The zero-order valence-corrected chi connectivity index (χ0v) is 15.2. The van der Waals surface area contributed by atoms with E-state index in [4.69, 9.17) is 0 Å². The average molecular weight is 474 g/mol. The number of carbonyl (C=O) groups is 1. The van der Waals surface area contributed by atoms with Gasteiger partial charge in [0.25, 0.3) is 5.91 Å². The number of fused-ring (bicyclic) bond motifs is 1. The highest BCUT2D eigenvalue weighted by molar-refractivity contribution is 9.11. The third kappa shape index (κ3) is 2.80. The third-order valence-corrected chi connectivity index (χ3v) is 4.69. The summed E-state index contributed by atoms with van der Waals surface area (Å²) in [4.78, 5) is 12.2. The molecule has 0 aromatic heterocycles. The van der Waals surface area contributed by atoms with E-state index in [-0.39, 0.29) is 11.7 Å². The molecule has 0 bridgehead atoms. The molecule has 1 aliphatic heterocycles. The van der Waals surface area contributed by atoms with E-state index in [0.29, 0.717) is 11.1 Å². The standard InChI is InChI=1S/C15H8Br3NO2/c16-8-1-2-13(20)7(3-8)4-11-10-5-9(17)6-12(18)14(10)19-15(11)21/h1-6,20H,(H,19,21). The molecule has 0 saturated heterocycles. The first-order valence-corrected chi connectivity index (χ1v) is 8.34. The Kier molecular flexibility index (Phi) is 3.94. The van der Waals surface area contributed by atoms with E-state index in [1.165, 1.54) is 0 Å². The van der Waals surface area contributed by atoms with Gasteiger partial charge in [-0.1, -0.05) is 31.9 Å². The minimum absolute atomic E-state index is 0.126. The minimum atomic E-state index is -0.192. The summed E-state index contributed by atoms with van der Waals surface area (Å²) in [6, 6.07) is 8.84. The highest BCUT2D eigenvalue weighted by Gasteiger charge is 2.26. The van der Waals surface area contributed by atoms with Gasteiger partial charge in [-0.2, -0.15) is 0 Å². The summed E-state index contributed by atoms with van der Waals surface area (Å²) >= 11 is 10.2. The van der Waals surface area contributed by atoms with Crippen molar-refractivity contribution in [1.82, 2.24) is 0 Å². The number of phenols is 1. The van der Waals surface area contributed by atoms with Crippen LogP contribution in [0.2, 0.25) is 0 Å². The van der Waals surface area contributed by atoms with Gasteiger partial charge in [0.1, 0.15) is 5.75 Å². The van der Waals surface area contributed by atoms with E-state index in [9.17, 15) is 9.90 Å². The van der Waals surface area contributed by atoms with Crippen molar-refractivity contribution in [3.8, 4) is 5.75 Å². The lowest BCUT2D eigenvalue weighted by Crippen LogP contribution is -2.03. The minimum Gasteiger partial charge on any atom is -0.507 e. The second-order valence-corrected chi connectivity index (χ2v) is 7.21. The highest BCUT2D eigenvalue weighted by Crippen LogP contribution is 2.41. The molecule has 0 spiro atoms. The first-order valence-electron chi connectivity index (χ1n) is 5.96. The SMILES string of the molecule is O=C1Nc2c(Br)cc(Br)cc2C1=Cc1cc(Br)ccc1O. The molecular formula is C15H8Br3NO2. The number of carbonyl (C=O) groups excluding carboxylic acids is 1. The summed E-state index contributed by atoms with van der Waals surface area (Å²) in [5.41, 5.74) is 2.63. The van der Waals surface area contributed by atoms with Gasteiger partial charge in [0.2, 0.25) is 0 Å². The number of amides is 1. The molecule has 0 atom stereocenters. The number of rotatable bonds is 1. The monoisotopic (exact) mass is 471 g/mol. The Labute approximate surface area is 146 Å². The zero-order valence-electron chi connectivity index (χ0n) is 10.5. The average Bonchev–Trinajstić information content (AvgIpc) is 2.72. The molecule has 106 valence electrons. The fourth-order valence-corrected chi connectivity index (χ4v) is 3.86. The molecule has 2 aromatic carbocycles. The van der Waals surface area contributed by atoms with Crippen LogP contribution in [0.4, 0.5) is 5.69 Å². The van der Waals surface area contributed by atoms with E-state index in [1.54, 1.807) is 24.3 Å². The predicted molar refractivity (Wildman–Crippen MR) is 94.1 cm³/mol. The van der Waals surface area contributed by atoms with Crippen LogP contribution >= 0.6 is 47.8 Å². The lowest BCUT2D eigenvalue weighted by Gasteiger charge is -2.04. The first kappa shape index (κ1) is 14.8. The molecule has 1 amide bonds. The van der Waals surface area contributed by atoms with Gasteiger partial charge in [0.05, 0.1) is 5.69 Å². The van der Waals surface area contributed by atoms with E-state index in [1.807, 2.05) is 12.1 Å². The number of nitrogens with one attached hydrogen (secondary N) is 1. The van der Waals surface area contributed by atoms with Crippen molar-refractivity contribution >= 4 is 71.0 Å². The molecule has 6 heteroatoms. The Hall–Kier alpha value is -1.11. The molecule has 3 rings (SSSR count). The molecule has 2 aromatic rings. The van der Waals surface area contributed by atoms with E-state index in [0.717, 1.165) is 24.7 Å². The van der Waals surface area contributed by atoms with Gasteiger partial charge in [-0.25, -0.2) is 0 Å².